The second kappa shape index (κ2) is 2.90. The minimum absolute atomic E-state index is 0.0434. The summed E-state index contributed by atoms with van der Waals surface area (Å²) < 4.78 is 17.6. The summed E-state index contributed by atoms with van der Waals surface area (Å²) in [5, 5.41) is 11.9. The quantitative estimate of drug-likeness (QED) is 0.729. The van der Waals surface area contributed by atoms with Gasteiger partial charge in [-0.2, -0.15) is 4.39 Å². The number of hydrogen-bond acceptors (Lipinski definition) is 3. The fourth-order valence-electron chi connectivity index (χ4n) is 1.04. The van der Waals surface area contributed by atoms with E-state index < -0.39 is 11.7 Å². The van der Waals surface area contributed by atoms with Crippen molar-refractivity contribution in [3.05, 3.63) is 36.1 Å². The van der Waals surface area contributed by atoms with Gasteiger partial charge in [0.2, 0.25) is 11.6 Å². The smallest absolute Gasteiger partial charge is 0.288 e. The maximum absolute atomic E-state index is 13.0. The molecule has 0 aliphatic heterocycles. The molecule has 1 N–H and O–H groups in total. The van der Waals surface area contributed by atoms with E-state index in [1.54, 1.807) is 30.3 Å². The Morgan fingerprint density at radius 1 is 1.23 bits per heavy atom. The van der Waals surface area contributed by atoms with Crippen LogP contribution in [0.5, 0.6) is 5.88 Å². The first-order chi connectivity index (χ1) is 6.29. The van der Waals surface area contributed by atoms with Crippen LogP contribution < -0.4 is 0 Å². The van der Waals surface area contributed by atoms with Crippen LogP contribution in [-0.2, 0) is 0 Å². The number of halogens is 1. The van der Waals surface area contributed by atoms with Crippen molar-refractivity contribution in [2.45, 2.75) is 0 Å². The van der Waals surface area contributed by atoms with Gasteiger partial charge in [-0.15, -0.1) is 0 Å². The van der Waals surface area contributed by atoms with E-state index >= 15 is 0 Å². The summed E-state index contributed by atoms with van der Waals surface area (Å²) in [6.45, 7) is 0. The molecule has 66 valence electrons. The van der Waals surface area contributed by atoms with Crippen LogP contribution in [0.1, 0.15) is 0 Å². The third-order valence-electron chi connectivity index (χ3n) is 1.66. The highest BCUT2D eigenvalue weighted by Crippen LogP contribution is 2.27. The van der Waals surface area contributed by atoms with Crippen molar-refractivity contribution in [2.24, 2.45) is 0 Å². The van der Waals surface area contributed by atoms with Gasteiger partial charge in [0.15, 0.2) is 0 Å². The van der Waals surface area contributed by atoms with Crippen LogP contribution in [-0.4, -0.2) is 10.3 Å². The van der Waals surface area contributed by atoms with E-state index in [0.717, 1.165) is 0 Å². The first-order valence-electron chi connectivity index (χ1n) is 3.68. The molecule has 0 bridgehead atoms. The van der Waals surface area contributed by atoms with Gasteiger partial charge in [-0.1, -0.05) is 30.3 Å². The standard InChI is InChI=1S/C9H6FNO2/c10-7-8(13-11-9(7)12)6-4-2-1-3-5-6/h1-5H,(H,11,12). The van der Waals surface area contributed by atoms with Crippen LogP contribution in [0.25, 0.3) is 11.3 Å². The highest BCUT2D eigenvalue weighted by molar-refractivity contribution is 5.58. The highest BCUT2D eigenvalue weighted by Gasteiger charge is 2.15. The molecule has 0 radical (unpaired) electrons. The van der Waals surface area contributed by atoms with Crippen molar-refractivity contribution in [1.82, 2.24) is 5.16 Å². The van der Waals surface area contributed by atoms with E-state index in [-0.39, 0.29) is 5.76 Å². The minimum Gasteiger partial charge on any atom is -0.489 e. The minimum atomic E-state index is -0.828. The molecule has 2 aromatic rings. The van der Waals surface area contributed by atoms with Crippen molar-refractivity contribution in [2.75, 3.05) is 0 Å². The SMILES string of the molecule is Oc1noc(-c2ccccc2)c1F. The summed E-state index contributed by atoms with van der Waals surface area (Å²) in [6.07, 6.45) is 0. The number of rotatable bonds is 1. The van der Waals surface area contributed by atoms with Crippen LogP contribution >= 0.6 is 0 Å². The fraction of sp³-hybridized carbons (Fsp3) is 0. The summed E-state index contributed by atoms with van der Waals surface area (Å²) in [5.41, 5.74) is 0.549. The van der Waals surface area contributed by atoms with E-state index in [0.29, 0.717) is 5.56 Å². The number of nitrogens with zero attached hydrogens (tertiary/aromatic N) is 1. The van der Waals surface area contributed by atoms with E-state index in [1.165, 1.54) is 0 Å². The maximum atomic E-state index is 13.0. The average molecular weight is 179 g/mol. The molecule has 0 aliphatic carbocycles. The number of benzene rings is 1. The summed E-state index contributed by atoms with van der Waals surface area (Å²) >= 11 is 0. The molecule has 3 nitrogen and oxygen atoms in total. The molecular formula is C9H6FNO2. The monoisotopic (exact) mass is 179 g/mol. The Morgan fingerprint density at radius 2 is 1.92 bits per heavy atom. The molecule has 0 saturated heterocycles. The molecule has 1 aromatic heterocycles. The zero-order valence-electron chi connectivity index (χ0n) is 6.57. The normalized spacial score (nSPS) is 10.2. The summed E-state index contributed by atoms with van der Waals surface area (Å²) in [6, 6.07) is 8.63. The lowest BCUT2D eigenvalue weighted by Gasteiger charge is -1.92. The van der Waals surface area contributed by atoms with Gasteiger partial charge in [0.1, 0.15) is 0 Å². The maximum Gasteiger partial charge on any atom is 0.288 e. The molecule has 0 saturated carbocycles. The van der Waals surface area contributed by atoms with Crippen molar-refractivity contribution < 1.29 is 14.0 Å². The number of aromatic hydroxyl groups is 1. The lowest BCUT2D eigenvalue weighted by Crippen LogP contribution is -1.76. The van der Waals surface area contributed by atoms with E-state index in [2.05, 4.69) is 9.68 Å². The van der Waals surface area contributed by atoms with Gasteiger partial charge in [0.05, 0.1) is 0 Å². The van der Waals surface area contributed by atoms with Crippen molar-refractivity contribution >= 4 is 0 Å². The van der Waals surface area contributed by atoms with Gasteiger partial charge >= 0.3 is 0 Å². The topological polar surface area (TPSA) is 46.3 Å². The molecule has 0 aliphatic rings. The molecule has 0 amide bonds. The molecule has 0 atom stereocenters. The van der Waals surface area contributed by atoms with Crippen LogP contribution in [0.15, 0.2) is 34.9 Å². The predicted octanol–water partition coefficient (Wildman–Crippen LogP) is 2.19. The Hall–Kier alpha value is -1.84. The predicted molar refractivity (Wildman–Crippen MR) is 43.6 cm³/mol. The number of hydrogen-bond donors (Lipinski definition) is 1. The molecule has 0 spiro atoms. The Balaban J connectivity index is 2.53. The van der Waals surface area contributed by atoms with Gasteiger partial charge in [0.25, 0.3) is 5.88 Å². The van der Waals surface area contributed by atoms with Crippen molar-refractivity contribution in [1.29, 1.82) is 0 Å². The van der Waals surface area contributed by atoms with Gasteiger partial charge < -0.3 is 9.63 Å². The second-order valence-corrected chi connectivity index (χ2v) is 2.52. The van der Waals surface area contributed by atoms with E-state index in [4.69, 9.17) is 5.11 Å². The largest absolute Gasteiger partial charge is 0.489 e. The molecule has 13 heavy (non-hydrogen) atoms. The first kappa shape index (κ1) is 7.79. The lowest BCUT2D eigenvalue weighted by molar-refractivity contribution is 0.361. The van der Waals surface area contributed by atoms with Gasteiger partial charge in [-0.05, 0) is 5.16 Å². The third kappa shape index (κ3) is 1.26. The molecule has 1 aromatic carbocycles. The number of aromatic nitrogens is 1. The van der Waals surface area contributed by atoms with E-state index in [1.807, 2.05) is 0 Å². The van der Waals surface area contributed by atoms with Crippen LogP contribution in [0.4, 0.5) is 4.39 Å². The van der Waals surface area contributed by atoms with Crippen LogP contribution in [0, 0.1) is 5.82 Å². The summed E-state index contributed by atoms with van der Waals surface area (Å²) in [5.74, 6) is -1.58. The van der Waals surface area contributed by atoms with Crippen LogP contribution in [0.2, 0.25) is 0 Å². The molecule has 0 unspecified atom stereocenters. The zero-order valence-corrected chi connectivity index (χ0v) is 6.57. The van der Waals surface area contributed by atoms with E-state index in [9.17, 15) is 4.39 Å². The second-order valence-electron chi connectivity index (χ2n) is 2.52. The summed E-state index contributed by atoms with van der Waals surface area (Å²) in [4.78, 5) is 0. The zero-order chi connectivity index (χ0) is 9.26. The first-order valence-corrected chi connectivity index (χ1v) is 3.68. The highest BCUT2D eigenvalue weighted by atomic mass is 19.1. The van der Waals surface area contributed by atoms with Gasteiger partial charge in [0, 0.05) is 5.56 Å². The Morgan fingerprint density at radius 3 is 2.46 bits per heavy atom. The molecule has 1 heterocycles. The van der Waals surface area contributed by atoms with Crippen molar-refractivity contribution in [3.8, 4) is 17.2 Å². The molecule has 0 fully saturated rings. The van der Waals surface area contributed by atoms with Gasteiger partial charge in [-0.25, -0.2) is 0 Å². The average Bonchev–Trinajstić information content (AvgIpc) is 2.49. The van der Waals surface area contributed by atoms with Gasteiger partial charge in [-0.3, -0.25) is 0 Å². The molecule has 4 heteroatoms. The Bertz CT molecular complexity index is 411. The fourth-order valence-corrected chi connectivity index (χ4v) is 1.04. The summed E-state index contributed by atoms with van der Waals surface area (Å²) in [7, 11) is 0. The Kier molecular flexibility index (Phi) is 1.73. The molecular weight excluding hydrogens is 173 g/mol. The molecule has 2 rings (SSSR count). The van der Waals surface area contributed by atoms with Crippen molar-refractivity contribution in [3.63, 3.8) is 0 Å². The van der Waals surface area contributed by atoms with Crippen LogP contribution in [0.3, 0.4) is 0 Å². The lowest BCUT2D eigenvalue weighted by atomic mass is 10.2. The third-order valence-corrected chi connectivity index (χ3v) is 1.66. The Labute approximate surface area is 73.4 Å².